The molecule has 2 unspecified atom stereocenters. The Kier molecular flexibility index (Phi) is 8.53. The number of rotatable bonds is 6. The molecule has 0 spiro atoms. The van der Waals surface area contributed by atoms with Crippen LogP contribution in [0.3, 0.4) is 0 Å². The van der Waals surface area contributed by atoms with Gasteiger partial charge in [-0.2, -0.15) is 5.10 Å². The van der Waals surface area contributed by atoms with Crippen molar-refractivity contribution in [3.8, 4) is 5.75 Å². The Labute approximate surface area is 184 Å². The largest absolute Gasteiger partial charge is 0.489 e. The lowest BCUT2D eigenvalue weighted by atomic mass is 10.1. The molecule has 28 heavy (non-hydrogen) atoms. The zero-order valence-electron chi connectivity index (χ0n) is 17.1. The molecule has 0 saturated heterocycles. The summed E-state index contributed by atoms with van der Waals surface area (Å²) < 4.78 is 8.03. The van der Waals surface area contributed by atoms with Crippen molar-refractivity contribution < 1.29 is 4.74 Å². The summed E-state index contributed by atoms with van der Waals surface area (Å²) in [7, 11) is 0. The van der Waals surface area contributed by atoms with E-state index in [0.29, 0.717) is 12.6 Å². The minimum atomic E-state index is -0.00233. The summed E-state index contributed by atoms with van der Waals surface area (Å²) in [5.41, 5.74) is 1.14. The maximum atomic E-state index is 6.03. The molecule has 7 nitrogen and oxygen atoms in total. The van der Waals surface area contributed by atoms with Gasteiger partial charge in [-0.05, 0) is 45.7 Å². The van der Waals surface area contributed by atoms with Crippen LogP contribution in [0.4, 0.5) is 0 Å². The van der Waals surface area contributed by atoms with Crippen LogP contribution in [-0.2, 0) is 13.0 Å². The number of halogens is 1. The van der Waals surface area contributed by atoms with Crippen LogP contribution in [0.2, 0.25) is 0 Å². The predicted octanol–water partition coefficient (Wildman–Crippen LogP) is 2.85. The highest BCUT2D eigenvalue weighted by Crippen LogP contribution is 2.18. The molecule has 2 atom stereocenters. The minimum absolute atomic E-state index is 0. The molecule has 0 saturated carbocycles. The first kappa shape index (κ1) is 22.4. The van der Waals surface area contributed by atoms with Gasteiger partial charge >= 0.3 is 0 Å². The molecule has 0 aliphatic carbocycles. The van der Waals surface area contributed by atoms with Gasteiger partial charge < -0.3 is 15.4 Å². The van der Waals surface area contributed by atoms with Gasteiger partial charge in [0.25, 0.3) is 0 Å². The van der Waals surface area contributed by atoms with Crippen LogP contribution in [0, 0.1) is 13.8 Å². The molecule has 2 aromatic rings. The highest BCUT2D eigenvalue weighted by molar-refractivity contribution is 14.0. The SMILES string of the molecule is CCNC(=NCC(C)Oc1ccccc1C)NC1CCc2nc(C)nn2C1.I. The van der Waals surface area contributed by atoms with Crippen molar-refractivity contribution in [3.05, 3.63) is 41.5 Å². The number of aromatic nitrogens is 3. The fourth-order valence-electron chi connectivity index (χ4n) is 3.23. The number of para-hydroxylation sites is 1. The lowest BCUT2D eigenvalue weighted by molar-refractivity contribution is 0.228. The third-order valence-corrected chi connectivity index (χ3v) is 4.58. The lowest BCUT2D eigenvalue weighted by Crippen LogP contribution is -2.47. The lowest BCUT2D eigenvalue weighted by Gasteiger charge is -2.25. The average Bonchev–Trinajstić information content (AvgIpc) is 3.01. The van der Waals surface area contributed by atoms with Gasteiger partial charge in [0.15, 0.2) is 5.96 Å². The summed E-state index contributed by atoms with van der Waals surface area (Å²) in [6.07, 6.45) is 1.96. The normalized spacial score (nSPS) is 17.3. The number of nitrogens with zero attached hydrogens (tertiary/aromatic N) is 4. The Balaban J connectivity index is 0.00000280. The van der Waals surface area contributed by atoms with E-state index >= 15 is 0 Å². The molecule has 2 heterocycles. The average molecular weight is 498 g/mol. The van der Waals surface area contributed by atoms with E-state index in [1.165, 1.54) is 0 Å². The number of fused-ring (bicyclic) bond motifs is 1. The van der Waals surface area contributed by atoms with Gasteiger partial charge in [0.1, 0.15) is 23.5 Å². The van der Waals surface area contributed by atoms with Crippen LogP contribution in [0.5, 0.6) is 5.75 Å². The smallest absolute Gasteiger partial charge is 0.191 e. The molecule has 3 rings (SSSR count). The Hall–Kier alpha value is -1.84. The molecule has 1 aromatic heterocycles. The molecular weight excluding hydrogens is 467 g/mol. The first-order valence-corrected chi connectivity index (χ1v) is 9.72. The van der Waals surface area contributed by atoms with E-state index in [4.69, 9.17) is 9.73 Å². The first-order valence-electron chi connectivity index (χ1n) is 9.72. The van der Waals surface area contributed by atoms with E-state index in [-0.39, 0.29) is 30.1 Å². The van der Waals surface area contributed by atoms with Crippen LogP contribution in [0.15, 0.2) is 29.3 Å². The van der Waals surface area contributed by atoms with Gasteiger partial charge in [-0.3, -0.25) is 0 Å². The monoisotopic (exact) mass is 498 g/mol. The van der Waals surface area contributed by atoms with Crippen molar-refractivity contribution in [3.63, 3.8) is 0 Å². The fourth-order valence-corrected chi connectivity index (χ4v) is 3.23. The molecule has 0 bridgehead atoms. The molecule has 0 amide bonds. The van der Waals surface area contributed by atoms with Crippen molar-refractivity contribution in [2.45, 2.75) is 59.2 Å². The van der Waals surface area contributed by atoms with Crippen LogP contribution in [0.25, 0.3) is 0 Å². The molecule has 1 aromatic carbocycles. The highest BCUT2D eigenvalue weighted by atomic mass is 127. The van der Waals surface area contributed by atoms with Gasteiger partial charge in [0.05, 0.1) is 13.1 Å². The fraction of sp³-hybridized carbons (Fsp3) is 0.550. The van der Waals surface area contributed by atoms with Gasteiger partial charge in [0, 0.05) is 19.0 Å². The van der Waals surface area contributed by atoms with E-state index in [1.54, 1.807) is 0 Å². The van der Waals surface area contributed by atoms with Gasteiger partial charge in [-0.1, -0.05) is 18.2 Å². The molecule has 154 valence electrons. The second-order valence-electron chi connectivity index (χ2n) is 7.05. The van der Waals surface area contributed by atoms with Crippen molar-refractivity contribution >= 4 is 29.9 Å². The quantitative estimate of drug-likeness (QED) is 0.364. The third kappa shape index (κ3) is 6.08. The molecule has 2 N–H and O–H groups in total. The second kappa shape index (κ2) is 10.6. The zero-order chi connectivity index (χ0) is 19.2. The number of hydrogen-bond acceptors (Lipinski definition) is 4. The van der Waals surface area contributed by atoms with E-state index in [9.17, 15) is 0 Å². The van der Waals surface area contributed by atoms with E-state index in [2.05, 4.69) is 40.6 Å². The van der Waals surface area contributed by atoms with E-state index in [0.717, 1.165) is 54.9 Å². The van der Waals surface area contributed by atoms with Gasteiger partial charge in [-0.15, -0.1) is 24.0 Å². The van der Waals surface area contributed by atoms with Crippen LogP contribution < -0.4 is 15.4 Å². The number of hydrogen-bond donors (Lipinski definition) is 2. The van der Waals surface area contributed by atoms with E-state index in [1.807, 2.05) is 36.7 Å². The third-order valence-electron chi connectivity index (χ3n) is 4.58. The standard InChI is InChI=1S/C20H30N6O.HI/c1-5-21-20(22-12-15(3)27-18-9-7-6-8-14(18)2)24-17-10-11-19-23-16(4)25-26(19)13-17;/h6-9,15,17H,5,10-13H2,1-4H3,(H2,21,22,24);1H. The van der Waals surface area contributed by atoms with Crippen LogP contribution in [-0.4, -0.2) is 46.0 Å². The highest BCUT2D eigenvalue weighted by Gasteiger charge is 2.21. The van der Waals surface area contributed by atoms with Crippen LogP contribution in [0.1, 0.15) is 37.5 Å². The zero-order valence-corrected chi connectivity index (χ0v) is 19.4. The first-order chi connectivity index (χ1) is 13.0. The molecule has 1 aliphatic heterocycles. The number of benzene rings is 1. The Morgan fingerprint density at radius 1 is 1.36 bits per heavy atom. The number of ether oxygens (including phenoxy) is 1. The van der Waals surface area contributed by atoms with Crippen molar-refractivity contribution in [2.75, 3.05) is 13.1 Å². The number of aliphatic imine (C=N–C) groups is 1. The van der Waals surface area contributed by atoms with Crippen LogP contribution >= 0.6 is 24.0 Å². The summed E-state index contributed by atoms with van der Waals surface area (Å²) >= 11 is 0. The maximum absolute atomic E-state index is 6.03. The van der Waals surface area contributed by atoms with E-state index < -0.39 is 0 Å². The van der Waals surface area contributed by atoms with Gasteiger partial charge in [-0.25, -0.2) is 14.7 Å². The molecule has 1 aliphatic rings. The van der Waals surface area contributed by atoms with Crippen molar-refractivity contribution in [1.29, 1.82) is 0 Å². The number of aryl methyl sites for hydroxylation is 3. The predicted molar refractivity (Wildman–Crippen MR) is 123 cm³/mol. The summed E-state index contributed by atoms with van der Waals surface area (Å²) in [5.74, 6) is 3.66. The molecule has 0 radical (unpaired) electrons. The summed E-state index contributed by atoms with van der Waals surface area (Å²) in [5, 5.41) is 11.3. The summed E-state index contributed by atoms with van der Waals surface area (Å²) in [6, 6.07) is 8.36. The van der Waals surface area contributed by atoms with Gasteiger partial charge in [0.2, 0.25) is 0 Å². The Morgan fingerprint density at radius 3 is 2.89 bits per heavy atom. The maximum Gasteiger partial charge on any atom is 0.191 e. The second-order valence-corrected chi connectivity index (χ2v) is 7.05. The number of nitrogens with one attached hydrogen (secondary N) is 2. The Morgan fingerprint density at radius 2 is 2.14 bits per heavy atom. The Bertz CT molecular complexity index is 791. The minimum Gasteiger partial charge on any atom is -0.489 e. The number of guanidine groups is 1. The summed E-state index contributed by atoms with van der Waals surface area (Å²) in [6.45, 7) is 10.3. The molecule has 0 fully saturated rings. The molecular formula is C20H31IN6O. The summed E-state index contributed by atoms with van der Waals surface area (Å²) in [4.78, 5) is 9.19. The molecule has 8 heteroatoms. The van der Waals surface area contributed by atoms with Crippen molar-refractivity contribution in [1.82, 2.24) is 25.4 Å². The topological polar surface area (TPSA) is 76.4 Å². The van der Waals surface area contributed by atoms with Crippen molar-refractivity contribution in [2.24, 2.45) is 4.99 Å².